The van der Waals surface area contributed by atoms with Crippen LogP contribution >= 0.6 is 11.3 Å². The second-order valence-electron chi connectivity index (χ2n) is 8.89. The molecule has 1 aliphatic carbocycles. The molecule has 8 heteroatoms. The summed E-state index contributed by atoms with van der Waals surface area (Å²) in [4.78, 5) is 38.7. The van der Waals surface area contributed by atoms with Gasteiger partial charge in [-0.15, -0.1) is 11.3 Å². The molecule has 2 heterocycles. The van der Waals surface area contributed by atoms with Gasteiger partial charge in [-0.2, -0.15) is 0 Å². The molecule has 0 radical (unpaired) electrons. The van der Waals surface area contributed by atoms with Crippen molar-refractivity contribution >= 4 is 27.5 Å². The maximum Gasteiger partial charge on any atom is 0.331 e. The van der Waals surface area contributed by atoms with E-state index in [1.807, 2.05) is 13.8 Å². The van der Waals surface area contributed by atoms with E-state index in [-0.39, 0.29) is 41.7 Å². The minimum Gasteiger partial charge on any atom is -0.354 e. The predicted octanol–water partition coefficient (Wildman–Crippen LogP) is 3.74. The van der Waals surface area contributed by atoms with Crippen molar-refractivity contribution in [2.45, 2.75) is 58.7 Å². The first-order chi connectivity index (χ1) is 15.3. The molecule has 0 saturated heterocycles. The van der Waals surface area contributed by atoms with Crippen molar-refractivity contribution in [3.05, 3.63) is 67.9 Å². The fourth-order valence-electron chi connectivity index (χ4n) is 4.51. The van der Waals surface area contributed by atoms with Crippen molar-refractivity contribution in [3.63, 3.8) is 0 Å². The van der Waals surface area contributed by atoms with E-state index < -0.39 is 5.69 Å². The van der Waals surface area contributed by atoms with Crippen molar-refractivity contribution in [1.82, 2.24) is 14.5 Å². The minimum atomic E-state index is -0.413. The van der Waals surface area contributed by atoms with E-state index in [0.717, 1.165) is 25.7 Å². The van der Waals surface area contributed by atoms with Crippen LogP contribution in [0.25, 0.3) is 10.2 Å². The van der Waals surface area contributed by atoms with E-state index in [2.05, 4.69) is 5.32 Å². The van der Waals surface area contributed by atoms with Crippen LogP contribution in [0.1, 0.15) is 45.1 Å². The van der Waals surface area contributed by atoms with Crippen molar-refractivity contribution in [1.29, 1.82) is 0 Å². The van der Waals surface area contributed by atoms with Gasteiger partial charge >= 0.3 is 5.69 Å². The van der Waals surface area contributed by atoms with Crippen LogP contribution in [0.15, 0.2) is 45.3 Å². The SMILES string of the molecule is CC(C)NC(=O)C1CCC(Cn2c(=O)c3sccc3n(Cc3ccccc3F)c2=O)CC1. The Morgan fingerprint density at radius 2 is 1.84 bits per heavy atom. The first-order valence-electron chi connectivity index (χ1n) is 11.1. The zero-order chi connectivity index (χ0) is 22.8. The molecule has 1 amide bonds. The third-order valence-electron chi connectivity index (χ3n) is 6.21. The van der Waals surface area contributed by atoms with Crippen LogP contribution in [0.2, 0.25) is 0 Å². The van der Waals surface area contributed by atoms with E-state index in [0.29, 0.717) is 22.3 Å². The number of benzene rings is 1. The number of aromatic nitrogens is 2. The zero-order valence-corrected chi connectivity index (χ0v) is 19.2. The van der Waals surface area contributed by atoms with Crippen LogP contribution in [0.3, 0.4) is 0 Å². The third-order valence-corrected chi connectivity index (χ3v) is 7.10. The Morgan fingerprint density at radius 3 is 2.53 bits per heavy atom. The summed E-state index contributed by atoms with van der Waals surface area (Å²) in [5.41, 5.74) is 0.246. The van der Waals surface area contributed by atoms with Crippen LogP contribution in [0.4, 0.5) is 4.39 Å². The van der Waals surface area contributed by atoms with Gasteiger partial charge in [-0.3, -0.25) is 18.7 Å². The number of carbonyl (C=O) groups is 1. The summed E-state index contributed by atoms with van der Waals surface area (Å²) in [5, 5.41) is 4.75. The first kappa shape index (κ1) is 22.5. The quantitative estimate of drug-likeness (QED) is 0.613. The molecule has 0 unspecified atom stereocenters. The molecular weight excluding hydrogens is 429 g/mol. The van der Waals surface area contributed by atoms with E-state index >= 15 is 0 Å². The van der Waals surface area contributed by atoms with Crippen molar-refractivity contribution < 1.29 is 9.18 Å². The van der Waals surface area contributed by atoms with Gasteiger partial charge in [-0.1, -0.05) is 18.2 Å². The summed E-state index contributed by atoms with van der Waals surface area (Å²) in [7, 11) is 0. The lowest BCUT2D eigenvalue weighted by Crippen LogP contribution is -2.42. The molecule has 0 bridgehead atoms. The highest BCUT2D eigenvalue weighted by atomic mass is 32.1. The molecule has 170 valence electrons. The molecule has 6 nitrogen and oxygen atoms in total. The van der Waals surface area contributed by atoms with Crippen LogP contribution < -0.4 is 16.6 Å². The van der Waals surface area contributed by atoms with Crippen LogP contribution in [0, 0.1) is 17.7 Å². The third kappa shape index (κ3) is 4.55. The Balaban J connectivity index is 1.59. The molecule has 1 aliphatic rings. The molecule has 0 aliphatic heterocycles. The van der Waals surface area contributed by atoms with Gasteiger partial charge in [0.1, 0.15) is 10.5 Å². The number of hydrogen-bond acceptors (Lipinski definition) is 4. The zero-order valence-electron chi connectivity index (χ0n) is 18.3. The summed E-state index contributed by atoms with van der Waals surface area (Å²) in [5.74, 6) is -0.146. The Hall–Kier alpha value is -2.74. The fourth-order valence-corrected chi connectivity index (χ4v) is 5.35. The highest BCUT2D eigenvalue weighted by Gasteiger charge is 2.28. The Morgan fingerprint density at radius 1 is 1.12 bits per heavy atom. The van der Waals surface area contributed by atoms with Gasteiger partial charge in [0.05, 0.1) is 12.1 Å². The second kappa shape index (κ2) is 9.40. The average molecular weight is 458 g/mol. The summed E-state index contributed by atoms with van der Waals surface area (Å²) < 4.78 is 17.6. The number of carbonyl (C=O) groups excluding carboxylic acids is 1. The maximum absolute atomic E-state index is 14.3. The van der Waals surface area contributed by atoms with Gasteiger partial charge in [0.2, 0.25) is 5.91 Å². The topological polar surface area (TPSA) is 73.1 Å². The van der Waals surface area contributed by atoms with Gasteiger partial charge in [0.25, 0.3) is 5.56 Å². The lowest BCUT2D eigenvalue weighted by Gasteiger charge is -2.28. The Labute approximate surface area is 189 Å². The normalized spacial score (nSPS) is 18.9. The molecule has 32 heavy (non-hydrogen) atoms. The molecule has 1 aromatic carbocycles. The molecule has 4 rings (SSSR count). The molecular formula is C24H28FN3O3S. The molecule has 0 atom stereocenters. The summed E-state index contributed by atoms with van der Waals surface area (Å²) in [6.07, 6.45) is 3.08. The van der Waals surface area contributed by atoms with Gasteiger partial charge < -0.3 is 5.32 Å². The smallest absolute Gasteiger partial charge is 0.331 e. The molecule has 1 fully saturated rings. The average Bonchev–Trinajstić information content (AvgIpc) is 3.25. The van der Waals surface area contributed by atoms with E-state index in [4.69, 9.17) is 0 Å². The molecule has 1 saturated carbocycles. The molecule has 1 N–H and O–H groups in total. The highest BCUT2D eigenvalue weighted by molar-refractivity contribution is 7.17. The van der Waals surface area contributed by atoms with Crippen LogP contribution in [-0.2, 0) is 17.9 Å². The highest BCUT2D eigenvalue weighted by Crippen LogP contribution is 2.30. The summed E-state index contributed by atoms with van der Waals surface area (Å²) in [6, 6.07) is 8.23. The Bertz CT molecular complexity index is 1240. The lowest BCUT2D eigenvalue weighted by atomic mass is 9.81. The van der Waals surface area contributed by atoms with Gasteiger partial charge in [0.15, 0.2) is 0 Å². The number of fused-ring (bicyclic) bond motifs is 1. The molecule has 2 aromatic heterocycles. The summed E-state index contributed by atoms with van der Waals surface area (Å²) >= 11 is 1.30. The lowest BCUT2D eigenvalue weighted by molar-refractivity contribution is -0.126. The van der Waals surface area contributed by atoms with Gasteiger partial charge in [-0.25, -0.2) is 9.18 Å². The number of rotatable bonds is 6. The predicted molar refractivity (Wildman–Crippen MR) is 125 cm³/mol. The van der Waals surface area contributed by atoms with Gasteiger partial charge in [-0.05, 0) is 63.0 Å². The number of halogens is 1. The Kier molecular flexibility index (Phi) is 6.60. The minimum absolute atomic E-state index is 0.0112. The first-order valence-corrected chi connectivity index (χ1v) is 12.0. The second-order valence-corrected chi connectivity index (χ2v) is 9.81. The maximum atomic E-state index is 14.3. The number of nitrogens with zero attached hydrogens (tertiary/aromatic N) is 2. The fraction of sp³-hybridized carbons (Fsp3) is 0.458. The van der Waals surface area contributed by atoms with E-state index in [1.54, 1.807) is 29.6 Å². The standard InChI is InChI=1S/C24H28FN3O3S/c1-15(2)26-22(29)17-9-7-16(8-10-17)13-28-23(30)21-20(11-12-32-21)27(24(28)31)14-18-5-3-4-6-19(18)25/h3-6,11-12,15-17H,7-10,13-14H2,1-2H3,(H,26,29). The van der Waals surface area contributed by atoms with Crippen molar-refractivity contribution in [2.75, 3.05) is 0 Å². The molecule has 3 aromatic rings. The van der Waals surface area contributed by atoms with Crippen LogP contribution in [-0.4, -0.2) is 21.1 Å². The number of hydrogen-bond donors (Lipinski definition) is 1. The largest absolute Gasteiger partial charge is 0.354 e. The van der Waals surface area contributed by atoms with Crippen LogP contribution in [0.5, 0.6) is 0 Å². The van der Waals surface area contributed by atoms with Crippen molar-refractivity contribution in [2.24, 2.45) is 11.8 Å². The monoisotopic (exact) mass is 457 g/mol. The number of thiophene rings is 1. The molecule has 0 spiro atoms. The van der Waals surface area contributed by atoms with E-state index in [1.165, 1.54) is 26.5 Å². The van der Waals surface area contributed by atoms with Crippen molar-refractivity contribution in [3.8, 4) is 0 Å². The van der Waals surface area contributed by atoms with E-state index in [9.17, 15) is 18.8 Å². The van der Waals surface area contributed by atoms with Gasteiger partial charge in [0, 0.05) is 24.1 Å². The number of nitrogens with one attached hydrogen (secondary N) is 1. The summed E-state index contributed by atoms with van der Waals surface area (Å²) in [6.45, 7) is 4.29. The number of amides is 1.